The number of nitrogens with zero attached hydrogens (tertiary/aromatic N) is 3. The Morgan fingerprint density at radius 2 is 2.21 bits per heavy atom. The first-order chi connectivity index (χ1) is 8.96. The van der Waals surface area contributed by atoms with Gasteiger partial charge in [0.25, 0.3) is 0 Å². The Hall–Kier alpha value is -2.00. The van der Waals surface area contributed by atoms with E-state index in [1.165, 1.54) is 29.5 Å². The smallest absolute Gasteiger partial charge is 0.210 e. The molecule has 0 bridgehead atoms. The van der Waals surface area contributed by atoms with Crippen molar-refractivity contribution in [1.82, 2.24) is 14.8 Å². The van der Waals surface area contributed by atoms with Crippen LogP contribution in [0.2, 0.25) is 0 Å². The fourth-order valence-corrected chi connectivity index (χ4v) is 1.86. The molecule has 0 aliphatic carbocycles. The number of primary sulfonamides is 1. The van der Waals surface area contributed by atoms with E-state index in [0.29, 0.717) is 5.69 Å². The Kier molecular flexibility index (Phi) is 3.76. The summed E-state index contributed by atoms with van der Waals surface area (Å²) in [6, 6.07) is 4.38. The van der Waals surface area contributed by atoms with Gasteiger partial charge in [-0.15, -0.1) is 0 Å². The molecule has 0 saturated carbocycles. The fourth-order valence-electron chi connectivity index (χ4n) is 1.47. The van der Waals surface area contributed by atoms with Crippen LogP contribution in [0.1, 0.15) is 0 Å². The lowest BCUT2D eigenvalue weighted by atomic mass is 10.2. The maximum absolute atomic E-state index is 13.8. The number of rotatable bonds is 5. The summed E-state index contributed by atoms with van der Waals surface area (Å²) in [6.45, 7) is 0.112. The monoisotopic (exact) mass is 285 g/mol. The van der Waals surface area contributed by atoms with Gasteiger partial charge in [0.05, 0.1) is 5.75 Å². The third-order valence-electron chi connectivity index (χ3n) is 2.33. The topological polar surface area (TPSA) is 103 Å². The lowest BCUT2D eigenvalue weighted by molar-refractivity contribution is 0.598. The molecule has 1 heterocycles. The first-order valence-corrected chi connectivity index (χ1v) is 7.06. The number of nitrogens with one attached hydrogen (secondary N) is 1. The van der Waals surface area contributed by atoms with Crippen molar-refractivity contribution in [1.29, 1.82) is 0 Å². The largest absolute Gasteiger partial charge is 0.384 e. The van der Waals surface area contributed by atoms with Crippen LogP contribution in [0.15, 0.2) is 30.9 Å². The van der Waals surface area contributed by atoms with Crippen LogP contribution in [-0.4, -0.2) is 35.5 Å². The van der Waals surface area contributed by atoms with Crippen molar-refractivity contribution in [3.63, 3.8) is 0 Å². The molecule has 0 radical (unpaired) electrons. The molecule has 0 unspecified atom stereocenters. The number of anilines is 1. The third-order valence-corrected chi connectivity index (χ3v) is 3.10. The van der Waals surface area contributed by atoms with E-state index in [1.807, 2.05) is 0 Å². The molecule has 0 spiro atoms. The van der Waals surface area contributed by atoms with Crippen LogP contribution >= 0.6 is 0 Å². The highest BCUT2D eigenvalue weighted by Crippen LogP contribution is 2.17. The molecule has 9 heteroatoms. The lowest BCUT2D eigenvalue weighted by Gasteiger charge is -2.08. The van der Waals surface area contributed by atoms with E-state index in [0.717, 1.165) is 0 Å². The Labute approximate surface area is 109 Å². The van der Waals surface area contributed by atoms with Gasteiger partial charge in [-0.1, -0.05) is 0 Å². The van der Waals surface area contributed by atoms with Gasteiger partial charge in [0, 0.05) is 12.2 Å². The van der Waals surface area contributed by atoms with E-state index >= 15 is 0 Å². The van der Waals surface area contributed by atoms with Crippen LogP contribution in [-0.2, 0) is 10.0 Å². The van der Waals surface area contributed by atoms with E-state index in [4.69, 9.17) is 5.14 Å². The molecule has 0 aliphatic heterocycles. The van der Waals surface area contributed by atoms with Crippen molar-refractivity contribution < 1.29 is 12.8 Å². The zero-order valence-corrected chi connectivity index (χ0v) is 10.6. The molecule has 0 aliphatic rings. The molecule has 0 atom stereocenters. The van der Waals surface area contributed by atoms with Crippen LogP contribution in [0.4, 0.5) is 10.1 Å². The van der Waals surface area contributed by atoms with Gasteiger partial charge in [-0.05, 0) is 18.2 Å². The maximum atomic E-state index is 13.8. The molecule has 0 fully saturated rings. The highest BCUT2D eigenvalue weighted by Gasteiger charge is 2.07. The van der Waals surface area contributed by atoms with Gasteiger partial charge in [0.2, 0.25) is 10.0 Å². The van der Waals surface area contributed by atoms with Crippen LogP contribution in [0.5, 0.6) is 0 Å². The third kappa shape index (κ3) is 3.73. The quantitative estimate of drug-likeness (QED) is 0.811. The van der Waals surface area contributed by atoms with Crippen molar-refractivity contribution in [2.24, 2.45) is 5.14 Å². The van der Waals surface area contributed by atoms with Gasteiger partial charge in [-0.3, -0.25) is 0 Å². The number of benzene rings is 1. The second-order valence-electron chi connectivity index (χ2n) is 3.80. The van der Waals surface area contributed by atoms with Gasteiger partial charge in [0.15, 0.2) is 5.82 Å². The summed E-state index contributed by atoms with van der Waals surface area (Å²) in [7, 11) is -3.53. The molecule has 7 nitrogen and oxygen atoms in total. The normalized spacial score (nSPS) is 11.5. The number of halogens is 1. The molecule has 19 heavy (non-hydrogen) atoms. The molecular weight excluding hydrogens is 273 g/mol. The van der Waals surface area contributed by atoms with Gasteiger partial charge in [-0.25, -0.2) is 27.6 Å². The number of hydrogen-bond acceptors (Lipinski definition) is 5. The fraction of sp³-hybridized carbons (Fsp3) is 0.200. The number of aromatic nitrogens is 3. The molecule has 1 aromatic heterocycles. The molecule has 2 rings (SSSR count). The Bertz CT molecular complexity index is 657. The molecule has 102 valence electrons. The van der Waals surface area contributed by atoms with Crippen LogP contribution in [0.3, 0.4) is 0 Å². The Balaban J connectivity index is 2.07. The van der Waals surface area contributed by atoms with Gasteiger partial charge < -0.3 is 5.32 Å². The minimum absolute atomic E-state index is 0.112. The van der Waals surface area contributed by atoms with Crippen molar-refractivity contribution in [2.75, 3.05) is 17.6 Å². The van der Waals surface area contributed by atoms with Gasteiger partial charge in [-0.2, -0.15) is 5.10 Å². The van der Waals surface area contributed by atoms with Crippen molar-refractivity contribution >= 4 is 15.7 Å². The van der Waals surface area contributed by atoms with Crippen LogP contribution < -0.4 is 10.5 Å². The van der Waals surface area contributed by atoms with Gasteiger partial charge >= 0.3 is 0 Å². The predicted molar refractivity (Wildman–Crippen MR) is 67.8 cm³/mol. The van der Waals surface area contributed by atoms with Crippen LogP contribution in [0.25, 0.3) is 5.69 Å². The first kappa shape index (κ1) is 13.4. The molecule has 0 amide bonds. The van der Waals surface area contributed by atoms with Crippen molar-refractivity contribution in [2.45, 2.75) is 0 Å². The maximum Gasteiger partial charge on any atom is 0.210 e. The highest BCUT2D eigenvalue weighted by atomic mass is 32.2. The molecule has 2 aromatic rings. The number of hydrogen-bond donors (Lipinski definition) is 2. The van der Waals surface area contributed by atoms with E-state index in [1.54, 1.807) is 6.07 Å². The summed E-state index contributed by atoms with van der Waals surface area (Å²) in [5.74, 6) is -0.717. The molecule has 3 N–H and O–H groups in total. The van der Waals surface area contributed by atoms with E-state index in [2.05, 4.69) is 15.4 Å². The van der Waals surface area contributed by atoms with E-state index < -0.39 is 15.8 Å². The summed E-state index contributed by atoms with van der Waals surface area (Å²) in [6.07, 6.45) is 2.68. The number of nitrogens with two attached hydrogens (primary N) is 1. The second kappa shape index (κ2) is 5.33. The SMILES string of the molecule is NS(=O)(=O)CCNc1ccc(-n2cncn2)c(F)c1. The van der Waals surface area contributed by atoms with E-state index in [-0.39, 0.29) is 18.0 Å². The summed E-state index contributed by atoms with van der Waals surface area (Å²) in [5, 5.41) is 11.4. The van der Waals surface area contributed by atoms with Crippen molar-refractivity contribution in [3.8, 4) is 5.69 Å². The first-order valence-electron chi connectivity index (χ1n) is 5.34. The zero-order valence-electron chi connectivity index (χ0n) is 9.82. The average Bonchev–Trinajstić information content (AvgIpc) is 2.81. The second-order valence-corrected chi connectivity index (χ2v) is 5.53. The van der Waals surface area contributed by atoms with E-state index in [9.17, 15) is 12.8 Å². The molecule has 1 aromatic carbocycles. The zero-order chi connectivity index (χ0) is 13.9. The molecular formula is C10H12FN5O2S. The van der Waals surface area contributed by atoms with Gasteiger partial charge in [0.1, 0.15) is 18.3 Å². The Morgan fingerprint density at radius 3 is 2.79 bits per heavy atom. The predicted octanol–water partition coefficient (Wildman–Crippen LogP) is 0.107. The van der Waals surface area contributed by atoms with Crippen LogP contribution in [0, 0.1) is 5.82 Å². The summed E-state index contributed by atoms with van der Waals surface area (Å²) < 4.78 is 36.6. The average molecular weight is 285 g/mol. The lowest BCUT2D eigenvalue weighted by Crippen LogP contribution is -2.22. The highest BCUT2D eigenvalue weighted by molar-refractivity contribution is 7.89. The standard InChI is InChI=1S/C10H12FN5O2S/c11-9-5-8(14-3-4-19(12,17)18)1-2-10(9)16-7-13-6-15-16/h1-2,5-7,14H,3-4H2,(H2,12,17,18). The molecule has 0 saturated heterocycles. The number of sulfonamides is 1. The summed E-state index contributed by atoms with van der Waals surface area (Å²) in [4.78, 5) is 3.73. The minimum atomic E-state index is -3.53. The summed E-state index contributed by atoms with van der Waals surface area (Å²) >= 11 is 0. The Morgan fingerprint density at radius 1 is 1.42 bits per heavy atom. The minimum Gasteiger partial charge on any atom is -0.384 e. The summed E-state index contributed by atoms with van der Waals surface area (Å²) in [5.41, 5.74) is 0.722. The van der Waals surface area contributed by atoms with Crippen molar-refractivity contribution in [3.05, 3.63) is 36.7 Å².